The Bertz CT molecular complexity index is 494. The van der Waals surface area contributed by atoms with Crippen LogP contribution in [0.3, 0.4) is 0 Å². The third-order valence-corrected chi connectivity index (χ3v) is 1.80. The lowest BCUT2D eigenvalue weighted by Crippen LogP contribution is -2.02. The van der Waals surface area contributed by atoms with E-state index < -0.39 is 0 Å². The number of imidazole rings is 1. The summed E-state index contributed by atoms with van der Waals surface area (Å²) in [5.74, 6) is 1.26. The maximum absolute atomic E-state index is 8.66. The van der Waals surface area contributed by atoms with Crippen molar-refractivity contribution in [1.82, 2.24) is 19.5 Å². The van der Waals surface area contributed by atoms with Crippen LogP contribution < -0.4 is 0 Å². The van der Waals surface area contributed by atoms with Crippen LogP contribution in [0.4, 0.5) is 0 Å². The van der Waals surface area contributed by atoms with Gasteiger partial charge < -0.3 is 0 Å². The summed E-state index contributed by atoms with van der Waals surface area (Å²) in [7, 11) is 0. The van der Waals surface area contributed by atoms with E-state index in [0.717, 1.165) is 5.82 Å². The van der Waals surface area contributed by atoms with E-state index in [1.165, 1.54) is 0 Å². The summed E-state index contributed by atoms with van der Waals surface area (Å²) in [4.78, 5) is 12.1. The zero-order chi connectivity index (χ0) is 9.97. The SMILES string of the molecule is Cc1nccn1-c1nccc(C#N)n1. The van der Waals surface area contributed by atoms with Crippen LogP contribution in [0, 0.1) is 18.3 Å². The highest BCUT2D eigenvalue weighted by Gasteiger charge is 2.03. The van der Waals surface area contributed by atoms with Gasteiger partial charge in [-0.3, -0.25) is 4.57 Å². The van der Waals surface area contributed by atoms with E-state index in [4.69, 9.17) is 5.26 Å². The zero-order valence-corrected chi connectivity index (χ0v) is 7.55. The molecule has 0 amide bonds. The molecule has 0 atom stereocenters. The highest BCUT2D eigenvalue weighted by atomic mass is 15.2. The van der Waals surface area contributed by atoms with Gasteiger partial charge in [0.2, 0.25) is 5.95 Å². The molecule has 0 saturated heterocycles. The van der Waals surface area contributed by atoms with Gasteiger partial charge in [-0.15, -0.1) is 0 Å². The summed E-state index contributed by atoms with van der Waals surface area (Å²) >= 11 is 0. The Morgan fingerprint density at radius 3 is 2.86 bits per heavy atom. The molecule has 0 unspecified atom stereocenters. The van der Waals surface area contributed by atoms with Crippen LogP contribution in [0.25, 0.3) is 5.95 Å². The Balaban J connectivity index is 2.53. The van der Waals surface area contributed by atoms with Crippen molar-refractivity contribution in [3.05, 3.63) is 36.2 Å². The number of hydrogen-bond donors (Lipinski definition) is 0. The average Bonchev–Trinajstić information content (AvgIpc) is 2.65. The molecule has 5 nitrogen and oxygen atoms in total. The van der Waals surface area contributed by atoms with Gasteiger partial charge in [0, 0.05) is 18.6 Å². The van der Waals surface area contributed by atoms with E-state index in [9.17, 15) is 0 Å². The minimum atomic E-state index is 0.350. The van der Waals surface area contributed by atoms with Crippen LogP contribution in [0.1, 0.15) is 11.5 Å². The number of rotatable bonds is 1. The van der Waals surface area contributed by atoms with Crippen LogP contribution >= 0.6 is 0 Å². The Kier molecular flexibility index (Phi) is 1.95. The lowest BCUT2D eigenvalue weighted by Gasteiger charge is -2.01. The molecule has 0 N–H and O–H groups in total. The molecule has 0 spiro atoms. The Hall–Kier alpha value is -2.22. The minimum Gasteiger partial charge on any atom is -0.272 e. The van der Waals surface area contributed by atoms with Crippen molar-refractivity contribution in [3.63, 3.8) is 0 Å². The molecule has 0 aliphatic carbocycles. The van der Waals surface area contributed by atoms with Gasteiger partial charge in [-0.1, -0.05) is 0 Å². The van der Waals surface area contributed by atoms with Gasteiger partial charge >= 0.3 is 0 Å². The van der Waals surface area contributed by atoms with Crippen LogP contribution in [0.15, 0.2) is 24.7 Å². The zero-order valence-electron chi connectivity index (χ0n) is 7.55. The molecule has 0 aliphatic rings. The molecule has 2 aromatic heterocycles. The molecule has 0 saturated carbocycles. The molecule has 0 aliphatic heterocycles. The van der Waals surface area contributed by atoms with E-state index in [-0.39, 0.29) is 0 Å². The molecule has 68 valence electrons. The smallest absolute Gasteiger partial charge is 0.236 e. The van der Waals surface area contributed by atoms with Crippen molar-refractivity contribution in [1.29, 1.82) is 5.26 Å². The molecule has 2 rings (SSSR count). The largest absolute Gasteiger partial charge is 0.272 e. The van der Waals surface area contributed by atoms with Crippen molar-refractivity contribution in [2.75, 3.05) is 0 Å². The van der Waals surface area contributed by atoms with Crippen molar-refractivity contribution in [3.8, 4) is 12.0 Å². The van der Waals surface area contributed by atoms with E-state index in [0.29, 0.717) is 11.6 Å². The van der Waals surface area contributed by atoms with Crippen molar-refractivity contribution < 1.29 is 0 Å². The average molecular weight is 185 g/mol. The van der Waals surface area contributed by atoms with E-state index >= 15 is 0 Å². The normalized spacial score (nSPS) is 9.71. The van der Waals surface area contributed by atoms with Gasteiger partial charge in [0.1, 0.15) is 17.6 Å². The maximum atomic E-state index is 8.66. The molecule has 0 fully saturated rings. The Labute approximate surface area is 80.7 Å². The van der Waals surface area contributed by atoms with Crippen LogP contribution in [0.2, 0.25) is 0 Å². The first kappa shape index (κ1) is 8.38. The molecule has 2 heterocycles. The third-order valence-electron chi connectivity index (χ3n) is 1.80. The lowest BCUT2D eigenvalue weighted by molar-refractivity contribution is 0.878. The molecular weight excluding hydrogens is 178 g/mol. The second kappa shape index (κ2) is 3.26. The van der Waals surface area contributed by atoms with E-state index in [2.05, 4.69) is 15.0 Å². The fourth-order valence-corrected chi connectivity index (χ4v) is 1.12. The minimum absolute atomic E-state index is 0.350. The second-order valence-corrected chi connectivity index (χ2v) is 2.70. The summed E-state index contributed by atoms with van der Waals surface area (Å²) in [6.07, 6.45) is 4.98. The van der Waals surface area contributed by atoms with Crippen molar-refractivity contribution in [2.45, 2.75) is 6.92 Å². The number of nitrogens with zero attached hydrogens (tertiary/aromatic N) is 5. The summed E-state index contributed by atoms with van der Waals surface area (Å²) in [5.41, 5.74) is 0.350. The topological polar surface area (TPSA) is 67.4 Å². The summed E-state index contributed by atoms with van der Waals surface area (Å²) < 4.78 is 1.72. The standard InChI is InChI=1S/C9H7N5/c1-7-11-4-5-14(7)9-12-3-2-8(6-10)13-9/h2-5H,1H3. The fraction of sp³-hybridized carbons (Fsp3) is 0.111. The quantitative estimate of drug-likeness (QED) is 0.660. The van der Waals surface area contributed by atoms with Gasteiger partial charge in [0.05, 0.1) is 0 Å². The first-order valence-corrected chi connectivity index (χ1v) is 4.05. The summed E-state index contributed by atoms with van der Waals surface area (Å²) in [6, 6.07) is 3.53. The number of aromatic nitrogens is 4. The summed E-state index contributed by atoms with van der Waals surface area (Å²) in [6.45, 7) is 1.85. The Morgan fingerprint density at radius 2 is 2.21 bits per heavy atom. The fourth-order valence-electron chi connectivity index (χ4n) is 1.12. The highest BCUT2D eigenvalue weighted by Crippen LogP contribution is 2.04. The predicted molar refractivity (Wildman–Crippen MR) is 48.6 cm³/mol. The molecule has 0 bridgehead atoms. The molecule has 2 aromatic rings. The molecular formula is C9H7N5. The first-order chi connectivity index (χ1) is 6.81. The molecule has 5 heteroatoms. The molecule has 0 radical (unpaired) electrons. The van der Waals surface area contributed by atoms with Gasteiger partial charge in [0.15, 0.2) is 0 Å². The van der Waals surface area contributed by atoms with Gasteiger partial charge in [-0.2, -0.15) is 5.26 Å². The van der Waals surface area contributed by atoms with E-state index in [1.807, 2.05) is 13.0 Å². The number of nitriles is 1. The van der Waals surface area contributed by atoms with Gasteiger partial charge in [-0.25, -0.2) is 15.0 Å². The maximum Gasteiger partial charge on any atom is 0.236 e. The van der Waals surface area contributed by atoms with Crippen LogP contribution in [0.5, 0.6) is 0 Å². The second-order valence-electron chi connectivity index (χ2n) is 2.70. The summed E-state index contributed by atoms with van der Waals surface area (Å²) in [5, 5.41) is 8.66. The van der Waals surface area contributed by atoms with Gasteiger partial charge in [0.25, 0.3) is 0 Å². The van der Waals surface area contributed by atoms with Crippen molar-refractivity contribution >= 4 is 0 Å². The lowest BCUT2D eigenvalue weighted by atomic mass is 10.4. The molecule has 0 aromatic carbocycles. The monoisotopic (exact) mass is 185 g/mol. The number of aryl methyl sites for hydroxylation is 1. The first-order valence-electron chi connectivity index (χ1n) is 4.05. The van der Waals surface area contributed by atoms with E-state index in [1.54, 1.807) is 29.2 Å². The van der Waals surface area contributed by atoms with Gasteiger partial charge in [-0.05, 0) is 13.0 Å². The highest BCUT2D eigenvalue weighted by molar-refractivity contribution is 5.24. The van der Waals surface area contributed by atoms with Crippen LogP contribution in [-0.2, 0) is 0 Å². The molecule has 14 heavy (non-hydrogen) atoms. The van der Waals surface area contributed by atoms with Crippen LogP contribution in [-0.4, -0.2) is 19.5 Å². The van der Waals surface area contributed by atoms with Crippen molar-refractivity contribution in [2.24, 2.45) is 0 Å². The number of hydrogen-bond acceptors (Lipinski definition) is 4. The Morgan fingerprint density at radius 1 is 1.36 bits per heavy atom. The third kappa shape index (κ3) is 1.33. The predicted octanol–water partition coefficient (Wildman–Crippen LogP) is 0.842.